The van der Waals surface area contributed by atoms with Crippen LogP contribution in [-0.4, -0.2) is 109 Å². The molecule has 1 radical (unpaired) electrons. The SMILES string of the molecule is O=C1N(CCCOC(=O)N(c2ccccc2-c2ccccc2)N2CC[CH]CC2)CCN1CCCN1CCC(CCO)CC1. The second-order valence-corrected chi connectivity index (χ2v) is 11.9. The van der Waals surface area contributed by atoms with Crippen molar-refractivity contribution in [2.24, 2.45) is 5.92 Å². The first-order chi connectivity index (χ1) is 21.1. The number of aliphatic hydroxyl groups excluding tert-OH is 1. The van der Waals surface area contributed by atoms with Gasteiger partial charge in [-0.05, 0) is 88.5 Å². The second kappa shape index (κ2) is 16.1. The number of amides is 3. The molecule has 0 bridgehead atoms. The van der Waals surface area contributed by atoms with E-state index in [1.807, 2.05) is 52.3 Å². The fraction of sp³-hybridized carbons (Fsp3) is 0.559. The molecular formula is C34H48N5O4. The number of nitrogens with zero attached hydrogens (tertiary/aromatic N) is 5. The van der Waals surface area contributed by atoms with Gasteiger partial charge in [0.1, 0.15) is 0 Å². The highest BCUT2D eigenvalue weighted by Crippen LogP contribution is 2.33. The third kappa shape index (κ3) is 8.49. The maximum atomic E-state index is 13.6. The highest BCUT2D eigenvalue weighted by Gasteiger charge is 2.30. The number of piperidine rings is 2. The molecule has 0 aromatic heterocycles. The predicted molar refractivity (Wildman–Crippen MR) is 169 cm³/mol. The van der Waals surface area contributed by atoms with Gasteiger partial charge in [0, 0.05) is 51.4 Å². The smallest absolute Gasteiger partial charge is 0.429 e. The molecule has 3 saturated heterocycles. The quantitative estimate of drug-likeness (QED) is 0.326. The predicted octanol–water partition coefficient (Wildman–Crippen LogP) is 5.12. The number of anilines is 1. The Hall–Kier alpha value is -3.14. The summed E-state index contributed by atoms with van der Waals surface area (Å²) in [5, 5.41) is 13.0. The molecule has 3 fully saturated rings. The Morgan fingerprint density at radius 2 is 1.51 bits per heavy atom. The number of carbonyl (C=O) groups is 2. The van der Waals surface area contributed by atoms with E-state index in [1.165, 1.54) is 0 Å². The maximum Gasteiger partial charge on any atom is 0.429 e. The molecule has 5 rings (SSSR count). The maximum absolute atomic E-state index is 13.6. The first-order valence-corrected chi connectivity index (χ1v) is 16.2. The van der Waals surface area contributed by atoms with Gasteiger partial charge in [-0.3, -0.25) is 0 Å². The van der Waals surface area contributed by atoms with E-state index in [0.29, 0.717) is 25.5 Å². The van der Waals surface area contributed by atoms with Gasteiger partial charge in [-0.25, -0.2) is 19.6 Å². The topological polar surface area (TPSA) is 79.8 Å². The van der Waals surface area contributed by atoms with E-state index in [9.17, 15) is 9.59 Å². The van der Waals surface area contributed by atoms with Crippen LogP contribution in [0, 0.1) is 12.3 Å². The van der Waals surface area contributed by atoms with Crippen molar-refractivity contribution in [2.45, 2.75) is 44.9 Å². The number of hydrogen-bond acceptors (Lipinski definition) is 6. The highest BCUT2D eigenvalue weighted by molar-refractivity contribution is 5.93. The molecule has 3 heterocycles. The molecule has 9 nitrogen and oxygen atoms in total. The van der Waals surface area contributed by atoms with Crippen molar-refractivity contribution in [3.05, 3.63) is 61.0 Å². The van der Waals surface area contributed by atoms with Crippen LogP contribution in [0.5, 0.6) is 0 Å². The molecule has 0 unspecified atom stereocenters. The summed E-state index contributed by atoms with van der Waals surface area (Å²) in [6, 6.07) is 18.2. The molecule has 2 aromatic rings. The van der Waals surface area contributed by atoms with Gasteiger partial charge in [0.25, 0.3) is 0 Å². The lowest BCUT2D eigenvalue weighted by Crippen LogP contribution is -2.50. The molecule has 0 aliphatic carbocycles. The lowest BCUT2D eigenvalue weighted by molar-refractivity contribution is 0.122. The van der Waals surface area contributed by atoms with Crippen molar-refractivity contribution in [2.75, 3.05) is 77.1 Å². The largest absolute Gasteiger partial charge is 0.448 e. The van der Waals surface area contributed by atoms with Crippen LogP contribution in [0.1, 0.15) is 44.9 Å². The molecule has 3 aliphatic rings. The van der Waals surface area contributed by atoms with Crippen LogP contribution in [0.3, 0.4) is 0 Å². The Kier molecular flexibility index (Phi) is 11.7. The Morgan fingerprint density at radius 3 is 2.23 bits per heavy atom. The number of benzene rings is 2. The number of likely N-dealkylation sites (tertiary alicyclic amines) is 1. The molecule has 2 aromatic carbocycles. The second-order valence-electron chi connectivity index (χ2n) is 11.9. The van der Waals surface area contributed by atoms with Crippen LogP contribution in [0.15, 0.2) is 54.6 Å². The van der Waals surface area contributed by atoms with Gasteiger partial charge in [-0.1, -0.05) is 48.5 Å². The van der Waals surface area contributed by atoms with Crippen molar-refractivity contribution >= 4 is 17.8 Å². The standard InChI is InChI=1S/C34H48N5O4/c40-27-17-29-15-23-35(24-16-29)18-9-19-36-25-26-37(33(36)41)20-10-28-43-34(42)39(38-21-7-2-8-22-38)32-14-6-5-13-31(32)30-11-3-1-4-12-30/h1-6,11-14,29,40H,7-10,15-28H2. The van der Waals surface area contributed by atoms with Crippen LogP contribution >= 0.6 is 0 Å². The molecule has 3 amide bonds. The fourth-order valence-electron chi connectivity index (χ4n) is 6.51. The molecule has 0 atom stereocenters. The number of carbonyl (C=O) groups excluding carboxylic acids is 2. The van der Waals surface area contributed by atoms with Gasteiger partial charge in [0.15, 0.2) is 0 Å². The van der Waals surface area contributed by atoms with Gasteiger partial charge < -0.3 is 24.5 Å². The molecule has 1 N–H and O–H groups in total. The lowest BCUT2D eigenvalue weighted by atomic mass is 9.94. The minimum absolute atomic E-state index is 0.0935. The number of hydrogen-bond donors (Lipinski definition) is 1. The Balaban J connectivity index is 1.08. The molecule has 43 heavy (non-hydrogen) atoms. The lowest BCUT2D eigenvalue weighted by Gasteiger charge is -2.37. The molecular weight excluding hydrogens is 542 g/mol. The summed E-state index contributed by atoms with van der Waals surface area (Å²) in [5.41, 5.74) is 2.86. The van der Waals surface area contributed by atoms with Crippen molar-refractivity contribution in [1.29, 1.82) is 0 Å². The Morgan fingerprint density at radius 1 is 0.837 bits per heavy atom. The van der Waals surface area contributed by atoms with E-state index in [0.717, 1.165) is 108 Å². The van der Waals surface area contributed by atoms with Gasteiger partial charge in [0.05, 0.1) is 12.3 Å². The minimum atomic E-state index is -0.375. The Labute approximate surface area is 256 Å². The Bertz CT molecular complexity index is 1150. The van der Waals surface area contributed by atoms with Crippen LogP contribution < -0.4 is 5.01 Å². The van der Waals surface area contributed by atoms with Crippen LogP contribution in [0.25, 0.3) is 11.1 Å². The summed E-state index contributed by atoms with van der Waals surface area (Å²) in [7, 11) is 0. The third-order valence-electron chi connectivity index (χ3n) is 8.98. The number of ether oxygens (including phenoxy) is 1. The summed E-state index contributed by atoms with van der Waals surface area (Å²) in [5.74, 6) is 0.658. The van der Waals surface area contributed by atoms with Crippen LogP contribution in [0.2, 0.25) is 0 Å². The fourth-order valence-corrected chi connectivity index (χ4v) is 6.51. The van der Waals surface area contributed by atoms with Gasteiger partial charge in [0.2, 0.25) is 0 Å². The summed E-state index contributed by atoms with van der Waals surface area (Å²) in [4.78, 5) is 32.9. The van der Waals surface area contributed by atoms with E-state index < -0.39 is 0 Å². The van der Waals surface area contributed by atoms with Crippen molar-refractivity contribution < 1.29 is 19.4 Å². The zero-order chi connectivity index (χ0) is 29.9. The summed E-state index contributed by atoms with van der Waals surface area (Å²) in [6.07, 6.45) is 8.57. The normalized spacial score (nSPS) is 18.8. The number of aliphatic hydroxyl groups is 1. The monoisotopic (exact) mass is 590 g/mol. The highest BCUT2D eigenvalue weighted by atomic mass is 16.6. The van der Waals surface area contributed by atoms with E-state index in [1.54, 1.807) is 5.01 Å². The molecule has 9 heteroatoms. The van der Waals surface area contributed by atoms with Crippen molar-refractivity contribution in [1.82, 2.24) is 19.7 Å². The summed E-state index contributed by atoms with van der Waals surface area (Å²) >= 11 is 0. The van der Waals surface area contributed by atoms with Gasteiger partial charge in [-0.2, -0.15) is 0 Å². The third-order valence-corrected chi connectivity index (χ3v) is 8.98. The summed E-state index contributed by atoms with van der Waals surface area (Å²) in [6.45, 7) is 8.13. The van der Waals surface area contributed by atoms with E-state index in [-0.39, 0.29) is 18.7 Å². The van der Waals surface area contributed by atoms with E-state index in [4.69, 9.17) is 9.84 Å². The number of urea groups is 1. The van der Waals surface area contributed by atoms with E-state index >= 15 is 0 Å². The van der Waals surface area contributed by atoms with Gasteiger partial charge in [-0.15, -0.1) is 0 Å². The number of para-hydroxylation sites is 1. The van der Waals surface area contributed by atoms with Gasteiger partial charge >= 0.3 is 12.1 Å². The molecule has 3 aliphatic heterocycles. The van der Waals surface area contributed by atoms with Crippen LogP contribution in [0.4, 0.5) is 15.3 Å². The molecule has 0 saturated carbocycles. The van der Waals surface area contributed by atoms with Crippen molar-refractivity contribution in [3.8, 4) is 11.1 Å². The summed E-state index contributed by atoms with van der Waals surface area (Å²) < 4.78 is 5.84. The first-order valence-electron chi connectivity index (χ1n) is 16.2. The van der Waals surface area contributed by atoms with Crippen molar-refractivity contribution in [3.63, 3.8) is 0 Å². The average molecular weight is 591 g/mol. The van der Waals surface area contributed by atoms with Crippen LogP contribution in [-0.2, 0) is 4.74 Å². The number of rotatable bonds is 13. The zero-order valence-corrected chi connectivity index (χ0v) is 25.5. The zero-order valence-electron chi connectivity index (χ0n) is 25.5. The molecule has 0 spiro atoms. The molecule has 233 valence electrons. The minimum Gasteiger partial charge on any atom is -0.448 e. The van der Waals surface area contributed by atoms with E-state index in [2.05, 4.69) is 28.5 Å². The first kappa shape index (κ1) is 31.3. The number of hydrazine groups is 1. The average Bonchev–Trinajstić information content (AvgIpc) is 3.40.